The lowest BCUT2D eigenvalue weighted by Crippen LogP contribution is -2.12. The molecule has 0 aliphatic rings. The van der Waals surface area contributed by atoms with Gasteiger partial charge in [0.2, 0.25) is 0 Å². The van der Waals surface area contributed by atoms with E-state index in [1.807, 2.05) is 18.2 Å². The number of rotatable bonds is 4. The number of carbonyl (C=O) groups excluding carboxylic acids is 1. The van der Waals surface area contributed by atoms with Crippen LogP contribution in [-0.4, -0.2) is 12.8 Å². The first kappa shape index (κ1) is 10.2. The van der Waals surface area contributed by atoms with Gasteiger partial charge in [0.25, 0.3) is 0 Å². The summed E-state index contributed by atoms with van der Waals surface area (Å²) in [4.78, 5) is 10.3. The Morgan fingerprint density at radius 3 is 2.85 bits per heavy atom. The minimum absolute atomic E-state index is 0.0937. The first-order valence-electron chi connectivity index (χ1n) is 4.17. The molecule has 0 fully saturated rings. The Morgan fingerprint density at radius 2 is 2.31 bits per heavy atom. The van der Waals surface area contributed by atoms with Crippen molar-refractivity contribution in [3.8, 4) is 0 Å². The Labute approximate surface area is 82.7 Å². The minimum atomic E-state index is 0.0937. The summed E-state index contributed by atoms with van der Waals surface area (Å²) in [6.45, 7) is 0.471. The molecule has 0 aliphatic heterocycles. The summed E-state index contributed by atoms with van der Waals surface area (Å²) in [6.07, 6.45) is 1.34. The van der Waals surface area contributed by atoms with Crippen LogP contribution in [-0.2, 0) is 4.79 Å². The standard InChI is InChI=1S/C10H12ClNO/c11-10-3-1-2-8(6-10)9(7-12)4-5-13/h1-3,5-6,9H,4,7,12H2/t9-/m1/s1. The Bertz CT molecular complexity index is 288. The van der Waals surface area contributed by atoms with Crippen LogP contribution >= 0.6 is 11.6 Å². The van der Waals surface area contributed by atoms with Gasteiger partial charge in [0.1, 0.15) is 6.29 Å². The number of benzene rings is 1. The van der Waals surface area contributed by atoms with E-state index >= 15 is 0 Å². The second-order valence-corrected chi connectivity index (χ2v) is 3.33. The summed E-state index contributed by atoms with van der Waals surface area (Å²) < 4.78 is 0. The zero-order valence-electron chi connectivity index (χ0n) is 7.24. The zero-order valence-corrected chi connectivity index (χ0v) is 8.00. The summed E-state index contributed by atoms with van der Waals surface area (Å²) in [5, 5.41) is 0.682. The van der Waals surface area contributed by atoms with E-state index in [9.17, 15) is 4.79 Å². The number of halogens is 1. The fourth-order valence-electron chi connectivity index (χ4n) is 1.25. The third-order valence-corrected chi connectivity index (χ3v) is 2.22. The van der Waals surface area contributed by atoms with E-state index in [1.165, 1.54) is 0 Å². The van der Waals surface area contributed by atoms with Crippen LogP contribution in [0.1, 0.15) is 17.9 Å². The second-order valence-electron chi connectivity index (χ2n) is 2.89. The number of hydrogen-bond acceptors (Lipinski definition) is 2. The molecule has 0 saturated heterocycles. The van der Waals surface area contributed by atoms with Gasteiger partial charge in [0, 0.05) is 17.4 Å². The lowest BCUT2D eigenvalue weighted by atomic mass is 9.97. The largest absolute Gasteiger partial charge is 0.330 e. The van der Waals surface area contributed by atoms with Crippen molar-refractivity contribution in [2.75, 3.05) is 6.54 Å². The van der Waals surface area contributed by atoms with E-state index in [4.69, 9.17) is 17.3 Å². The normalized spacial score (nSPS) is 12.5. The molecule has 3 heteroatoms. The van der Waals surface area contributed by atoms with Crippen LogP contribution in [0.15, 0.2) is 24.3 Å². The van der Waals surface area contributed by atoms with Gasteiger partial charge in [-0.05, 0) is 24.2 Å². The van der Waals surface area contributed by atoms with Crippen molar-refractivity contribution in [2.24, 2.45) is 5.73 Å². The molecular weight excluding hydrogens is 186 g/mol. The maximum Gasteiger partial charge on any atom is 0.120 e. The molecule has 0 amide bonds. The number of aldehydes is 1. The first-order chi connectivity index (χ1) is 6.27. The Kier molecular flexibility index (Phi) is 3.93. The third kappa shape index (κ3) is 2.83. The average Bonchev–Trinajstić information content (AvgIpc) is 2.14. The monoisotopic (exact) mass is 197 g/mol. The molecule has 0 bridgehead atoms. The van der Waals surface area contributed by atoms with Crippen molar-refractivity contribution in [2.45, 2.75) is 12.3 Å². The molecule has 2 nitrogen and oxygen atoms in total. The van der Waals surface area contributed by atoms with Crippen molar-refractivity contribution in [3.63, 3.8) is 0 Å². The van der Waals surface area contributed by atoms with Crippen LogP contribution in [0, 0.1) is 0 Å². The van der Waals surface area contributed by atoms with Gasteiger partial charge in [0.15, 0.2) is 0 Å². The smallest absolute Gasteiger partial charge is 0.120 e. The van der Waals surface area contributed by atoms with Crippen molar-refractivity contribution < 1.29 is 4.79 Å². The van der Waals surface area contributed by atoms with Crippen molar-refractivity contribution in [1.82, 2.24) is 0 Å². The molecule has 0 heterocycles. The molecule has 13 heavy (non-hydrogen) atoms. The van der Waals surface area contributed by atoms with E-state index in [0.717, 1.165) is 11.8 Å². The zero-order chi connectivity index (χ0) is 9.68. The van der Waals surface area contributed by atoms with Gasteiger partial charge in [-0.25, -0.2) is 0 Å². The predicted molar refractivity (Wildman–Crippen MR) is 53.9 cm³/mol. The van der Waals surface area contributed by atoms with Gasteiger partial charge in [-0.2, -0.15) is 0 Å². The van der Waals surface area contributed by atoms with Crippen molar-refractivity contribution in [1.29, 1.82) is 0 Å². The van der Waals surface area contributed by atoms with Crippen molar-refractivity contribution >= 4 is 17.9 Å². The van der Waals surface area contributed by atoms with Gasteiger partial charge in [0.05, 0.1) is 0 Å². The van der Waals surface area contributed by atoms with E-state index in [2.05, 4.69) is 0 Å². The van der Waals surface area contributed by atoms with Crippen LogP contribution in [0.5, 0.6) is 0 Å². The lowest BCUT2D eigenvalue weighted by Gasteiger charge is -2.11. The number of carbonyl (C=O) groups is 1. The lowest BCUT2D eigenvalue weighted by molar-refractivity contribution is -0.108. The molecule has 70 valence electrons. The van der Waals surface area contributed by atoms with Crippen LogP contribution < -0.4 is 5.73 Å². The fraction of sp³-hybridized carbons (Fsp3) is 0.300. The van der Waals surface area contributed by atoms with E-state index in [-0.39, 0.29) is 5.92 Å². The number of nitrogens with two attached hydrogens (primary N) is 1. The second kappa shape index (κ2) is 5.00. The summed E-state index contributed by atoms with van der Waals surface area (Å²) in [7, 11) is 0. The highest BCUT2D eigenvalue weighted by Gasteiger charge is 2.08. The van der Waals surface area contributed by atoms with E-state index < -0.39 is 0 Å². The van der Waals surface area contributed by atoms with Crippen LogP contribution in [0.4, 0.5) is 0 Å². The van der Waals surface area contributed by atoms with Gasteiger partial charge in [-0.3, -0.25) is 0 Å². The summed E-state index contributed by atoms with van der Waals surface area (Å²) in [5.74, 6) is 0.0937. The summed E-state index contributed by atoms with van der Waals surface area (Å²) in [5.41, 5.74) is 6.57. The highest BCUT2D eigenvalue weighted by Crippen LogP contribution is 2.20. The first-order valence-corrected chi connectivity index (χ1v) is 4.55. The molecule has 1 aromatic carbocycles. The molecule has 1 rings (SSSR count). The van der Waals surface area contributed by atoms with E-state index in [0.29, 0.717) is 18.0 Å². The maximum atomic E-state index is 10.3. The Hall–Kier alpha value is -0.860. The van der Waals surface area contributed by atoms with Crippen LogP contribution in [0.25, 0.3) is 0 Å². The molecule has 0 aliphatic carbocycles. The summed E-state index contributed by atoms with van der Waals surface area (Å²) in [6, 6.07) is 7.46. The molecule has 1 aromatic rings. The molecule has 0 radical (unpaired) electrons. The molecule has 0 saturated carbocycles. The van der Waals surface area contributed by atoms with Gasteiger partial charge in [-0.1, -0.05) is 23.7 Å². The predicted octanol–water partition coefficient (Wildman–Crippen LogP) is 1.97. The quantitative estimate of drug-likeness (QED) is 0.750. The molecule has 0 aromatic heterocycles. The summed E-state index contributed by atoms with van der Waals surface area (Å²) >= 11 is 5.82. The van der Waals surface area contributed by atoms with Gasteiger partial charge < -0.3 is 10.5 Å². The van der Waals surface area contributed by atoms with Crippen LogP contribution in [0.3, 0.4) is 0 Å². The average molecular weight is 198 g/mol. The molecule has 1 atom stereocenters. The van der Waals surface area contributed by atoms with Gasteiger partial charge in [-0.15, -0.1) is 0 Å². The Balaban J connectivity index is 2.84. The minimum Gasteiger partial charge on any atom is -0.330 e. The Morgan fingerprint density at radius 1 is 1.54 bits per heavy atom. The highest BCUT2D eigenvalue weighted by molar-refractivity contribution is 6.30. The fourth-order valence-corrected chi connectivity index (χ4v) is 1.44. The van der Waals surface area contributed by atoms with Gasteiger partial charge >= 0.3 is 0 Å². The SMILES string of the molecule is NC[C@@H](CC=O)c1cccc(Cl)c1. The highest BCUT2D eigenvalue weighted by atomic mass is 35.5. The van der Waals surface area contributed by atoms with E-state index in [1.54, 1.807) is 6.07 Å². The topological polar surface area (TPSA) is 43.1 Å². The molecule has 0 spiro atoms. The molecule has 2 N–H and O–H groups in total. The number of hydrogen-bond donors (Lipinski definition) is 1. The molecule has 0 unspecified atom stereocenters. The third-order valence-electron chi connectivity index (χ3n) is 1.99. The molecular formula is C10H12ClNO. The van der Waals surface area contributed by atoms with Crippen LogP contribution in [0.2, 0.25) is 5.02 Å². The van der Waals surface area contributed by atoms with Crippen molar-refractivity contribution in [3.05, 3.63) is 34.9 Å². The maximum absolute atomic E-state index is 10.3.